The molecule has 0 bridgehead atoms. The van der Waals surface area contributed by atoms with Crippen LogP contribution in [0.25, 0.3) is 101 Å². The minimum absolute atomic E-state index is 0.511. The number of para-hydroxylation sites is 1. The van der Waals surface area contributed by atoms with E-state index in [9.17, 15) is 0 Å². The van der Waals surface area contributed by atoms with E-state index in [1.807, 2.05) is 30.3 Å². The fourth-order valence-electron chi connectivity index (χ4n) is 10.4. The number of fused-ring (bicyclic) bond motifs is 13. The first-order valence-electron chi connectivity index (χ1n) is 21.1. The van der Waals surface area contributed by atoms with Gasteiger partial charge in [0.1, 0.15) is 11.2 Å². The number of furan rings is 1. The van der Waals surface area contributed by atoms with E-state index in [1.54, 1.807) is 0 Å². The Morgan fingerprint density at radius 2 is 0.742 bits per heavy atom. The summed E-state index contributed by atoms with van der Waals surface area (Å²) in [6.45, 7) is 0. The van der Waals surface area contributed by atoms with Crippen molar-refractivity contribution in [2.24, 2.45) is 0 Å². The molecule has 2 aromatic heterocycles. The highest BCUT2D eigenvalue weighted by atomic mass is 16.3. The molecule has 0 fully saturated rings. The van der Waals surface area contributed by atoms with E-state index in [0.717, 1.165) is 60.9 Å². The van der Waals surface area contributed by atoms with Crippen molar-refractivity contribution in [1.29, 1.82) is 0 Å². The van der Waals surface area contributed by atoms with Crippen LogP contribution < -0.4 is 0 Å². The van der Waals surface area contributed by atoms with Crippen LogP contribution in [-0.2, 0) is 5.41 Å². The molecule has 0 N–H and O–H groups in total. The van der Waals surface area contributed by atoms with E-state index in [2.05, 4.69) is 182 Å². The number of rotatable bonds is 5. The molecule has 11 aromatic rings. The third-order valence-corrected chi connectivity index (χ3v) is 13.0. The first-order valence-corrected chi connectivity index (χ1v) is 21.1. The summed E-state index contributed by atoms with van der Waals surface area (Å²) in [7, 11) is 0. The summed E-state index contributed by atoms with van der Waals surface area (Å²) in [5.41, 5.74) is 18.6. The van der Waals surface area contributed by atoms with Crippen molar-refractivity contribution in [3.05, 3.63) is 235 Å². The maximum absolute atomic E-state index is 6.21. The quantitative estimate of drug-likeness (QED) is 0.174. The first-order chi connectivity index (χ1) is 30.8. The summed E-state index contributed by atoms with van der Waals surface area (Å²) < 4.78 is 6.21. The average molecular weight is 790 g/mol. The van der Waals surface area contributed by atoms with Gasteiger partial charge in [-0.15, -0.1) is 0 Å². The minimum atomic E-state index is -0.511. The molecule has 2 aliphatic rings. The third kappa shape index (κ3) is 4.92. The van der Waals surface area contributed by atoms with Crippen LogP contribution in [0.4, 0.5) is 0 Å². The predicted octanol–water partition coefficient (Wildman–Crippen LogP) is 14.4. The van der Waals surface area contributed by atoms with Gasteiger partial charge in [0, 0.05) is 27.5 Å². The van der Waals surface area contributed by atoms with Crippen LogP contribution in [0, 0.1) is 0 Å². The van der Waals surface area contributed by atoms with Crippen molar-refractivity contribution in [1.82, 2.24) is 15.0 Å². The van der Waals surface area contributed by atoms with Gasteiger partial charge < -0.3 is 4.42 Å². The van der Waals surface area contributed by atoms with Crippen LogP contribution in [0.1, 0.15) is 22.3 Å². The molecule has 1 spiro atoms. The molecule has 0 radical (unpaired) electrons. The Balaban J connectivity index is 1.05. The zero-order chi connectivity index (χ0) is 40.8. The molecular weight excluding hydrogens is 755 g/mol. The molecule has 288 valence electrons. The van der Waals surface area contributed by atoms with Gasteiger partial charge in [-0.1, -0.05) is 194 Å². The smallest absolute Gasteiger partial charge is 0.164 e. The second kappa shape index (κ2) is 13.4. The maximum atomic E-state index is 6.21. The molecule has 0 atom stereocenters. The van der Waals surface area contributed by atoms with Gasteiger partial charge in [0.15, 0.2) is 17.5 Å². The zero-order valence-electron chi connectivity index (χ0n) is 33.5. The zero-order valence-corrected chi connectivity index (χ0v) is 33.5. The molecule has 4 heteroatoms. The first kappa shape index (κ1) is 34.6. The number of hydrogen-bond acceptors (Lipinski definition) is 4. The minimum Gasteiger partial charge on any atom is -0.456 e. The van der Waals surface area contributed by atoms with Gasteiger partial charge in [0.05, 0.1) is 5.41 Å². The Labute approximate surface area is 358 Å². The van der Waals surface area contributed by atoms with E-state index >= 15 is 0 Å². The van der Waals surface area contributed by atoms with Gasteiger partial charge in [-0.25, -0.2) is 15.0 Å². The monoisotopic (exact) mass is 789 g/mol. The summed E-state index contributed by atoms with van der Waals surface area (Å²) in [6, 6.07) is 75.6. The summed E-state index contributed by atoms with van der Waals surface area (Å²) in [5.74, 6) is 1.84. The average Bonchev–Trinajstić information content (AvgIpc) is 3.98. The van der Waals surface area contributed by atoms with E-state index in [1.165, 1.54) is 44.5 Å². The van der Waals surface area contributed by atoms with Crippen molar-refractivity contribution in [3.63, 3.8) is 0 Å². The van der Waals surface area contributed by atoms with Gasteiger partial charge in [0.2, 0.25) is 0 Å². The summed E-state index contributed by atoms with van der Waals surface area (Å²) in [5, 5.41) is 2.17. The number of benzene rings is 9. The molecule has 4 nitrogen and oxygen atoms in total. The Hall–Kier alpha value is -8.21. The molecule has 0 amide bonds. The Morgan fingerprint density at radius 3 is 1.40 bits per heavy atom. The van der Waals surface area contributed by atoms with Crippen LogP contribution in [0.2, 0.25) is 0 Å². The van der Waals surface area contributed by atoms with E-state index in [4.69, 9.17) is 19.4 Å². The lowest BCUT2D eigenvalue weighted by atomic mass is 9.68. The molecule has 62 heavy (non-hydrogen) atoms. The van der Waals surface area contributed by atoms with E-state index in [-0.39, 0.29) is 0 Å². The van der Waals surface area contributed by atoms with E-state index in [0.29, 0.717) is 17.5 Å². The highest BCUT2D eigenvalue weighted by Crippen LogP contribution is 2.64. The highest BCUT2D eigenvalue weighted by molar-refractivity contribution is 6.07. The molecule has 0 saturated carbocycles. The van der Waals surface area contributed by atoms with Gasteiger partial charge in [-0.3, -0.25) is 0 Å². The SMILES string of the molecule is c1ccc(-c2nc(-c3ccccc3-c3ccc4oc5ccccc5c4c3)nc(-c3ccccc3-c3cccc4c3C3(c5ccccc5-c5ccccc53)c3ccccc3-4)n2)cc1. The topological polar surface area (TPSA) is 51.8 Å². The number of hydrogen-bond donors (Lipinski definition) is 0. The molecule has 13 rings (SSSR count). The lowest BCUT2D eigenvalue weighted by molar-refractivity contribution is 0.669. The summed E-state index contributed by atoms with van der Waals surface area (Å²) in [4.78, 5) is 16.0. The highest BCUT2D eigenvalue weighted by Gasteiger charge is 2.52. The largest absolute Gasteiger partial charge is 0.456 e. The van der Waals surface area contributed by atoms with Crippen molar-refractivity contribution >= 4 is 21.9 Å². The maximum Gasteiger partial charge on any atom is 0.164 e. The Bertz CT molecular complexity index is 3540. The van der Waals surface area contributed by atoms with Crippen molar-refractivity contribution in [3.8, 4) is 78.7 Å². The van der Waals surface area contributed by atoms with Crippen LogP contribution in [0.5, 0.6) is 0 Å². The molecule has 2 heterocycles. The molecule has 2 aliphatic carbocycles. The second-order valence-corrected chi connectivity index (χ2v) is 16.2. The number of aromatic nitrogens is 3. The lowest BCUT2D eigenvalue weighted by Crippen LogP contribution is -2.26. The summed E-state index contributed by atoms with van der Waals surface area (Å²) >= 11 is 0. The molecule has 0 unspecified atom stereocenters. The van der Waals surface area contributed by atoms with Crippen molar-refractivity contribution in [2.45, 2.75) is 5.41 Å². The van der Waals surface area contributed by atoms with Crippen LogP contribution in [0.3, 0.4) is 0 Å². The predicted molar refractivity (Wildman–Crippen MR) is 251 cm³/mol. The van der Waals surface area contributed by atoms with Gasteiger partial charge >= 0.3 is 0 Å². The fourth-order valence-corrected chi connectivity index (χ4v) is 10.4. The van der Waals surface area contributed by atoms with E-state index < -0.39 is 5.41 Å². The second-order valence-electron chi connectivity index (χ2n) is 16.2. The van der Waals surface area contributed by atoms with Crippen LogP contribution >= 0.6 is 0 Å². The molecular formula is C58H35N3O. The lowest BCUT2D eigenvalue weighted by Gasteiger charge is -2.32. The van der Waals surface area contributed by atoms with Crippen molar-refractivity contribution in [2.75, 3.05) is 0 Å². The summed E-state index contributed by atoms with van der Waals surface area (Å²) in [6.07, 6.45) is 0. The van der Waals surface area contributed by atoms with Gasteiger partial charge in [-0.2, -0.15) is 0 Å². The Kier molecular flexibility index (Phi) is 7.49. The van der Waals surface area contributed by atoms with Gasteiger partial charge in [-0.05, 0) is 85.0 Å². The van der Waals surface area contributed by atoms with Crippen LogP contribution in [0.15, 0.2) is 217 Å². The molecule has 0 saturated heterocycles. The normalized spacial score (nSPS) is 13.0. The number of nitrogens with zero attached hydrogens (tertiary/aromatic N) is 3. The fraction of sp³-hybridized carbons (Fsp3) is 0.0172. The Morgan fingerprint density at radius 1 is 0.290 bits per heavy atom. The third-order valence-electron chi connectivity index (χ3n) is 13.0. The van der Waals surface area contributed by atoms with Crippen molar-refractivity contribution < 1.29 is 4.42 Å². The standard InChI is InChI=1S/C58H35N3O/c1-2-17-36(18-3-1)55-59-56(46-25-6-4-19-38(46)37-33-34-53-48(35-37)43-24-11-15-32-52(43)62-53)61-57(60-55)47-26-7-5-20-39(47)44-27-16-28-45-42-23-10-14-31-51(42)58(54(44)45)49-29-12-8-21-40(49)41-22-9-13-30-50(41)58/h1-35H. The van der Waals surface area contributed by atoms with Gasteiger partial charge in [0.25, 0.3) is 0 Å². The van der Waals surface area contributed by atoms with Crippen LogP contribution in [-0.4, -0.2) is 15.0 Å². The molecule has 9 aromatic carbocycles. The molecule has 0 aliphatic heterocycles.